The van der Waals surface area contributed by atoms with Crippen molar-refractivity contribution in [3.05, 3.63) is 222 Å². The van der Waals surface area contributed by atoms with Crippen molar-refractivity contribution in [2.45, 2.75) is 174 Å². The second kappa shape index (κ2) is 28.0. The lowest BCUT2D eigenvalue weighted by molar-refractivity contribution is 0.600. The van der Waals surface area contributed by atoms with Crippen LogP contribution in [0.4, 0.5) is 103 Å². The summed E-state index contributed by atoms with van der Waals surface area (Å²) >= 11 is 0. The SMILES string of the molecule is CCN1c2ccccc2N(c2cc3c(oc4nc(C)ccc43)c(N3c4ccccc4N(CC)[C@@H]3C)c2C)[C@@H]1C.Cc1ccc2c(n1)oc1c(N3c4ccccc4N(C(C)C)[C@@H]3C)c(C)c(N3c4ccccc4N(C(C)C)[C@H]3C)cc12.Cc1ccc2c(n1)oc1c(N3c4ncccc4N(C)[C@@H]3C)c(C)c(N3c4ncccc4N(C)[C@H]3C)cc12. The van der Waals surface area contributed by atoms with E-state index >= 15 is 0 Å². The van der Waals surface area contributed by atoms with Crippen LogP contribution in [0, 0.1) is 41.5 Å². The predicted molar refractivity (Wildman–Crippen MR) is 485 cm³/mol. The average molecular weight is 1560 g/mol. The van der Waals surface area contributed by atoms with Crippen LogP contribution in [0.2, 0.25) is 0 Å². The third kappa shape index (κ3) is 11.1. The van der Waals surface area contributed by atoms with Crippen molar-refractivity contribution in [1.29, 1.82) is 0 Å². The van der Waals surface area contributed by atoms with E-state index in [1.807, 2.05) is 51.4 Å². The van der Waals surface area contributed by atoms with E-state index in [0.29, 0.717) is 29.2 Å². The van der Waals surface area contributed by atoms with Gasteiger partial charge >= 0.3 is 0 Å². The lowest BCUT2D eigenvalue weighted by Crippen LogP contribution is -2.43. The molecular formula is C97H103N17O3. The molecule has 14 heterocycles. The first-order valence-electron chi connectivity index (χ1n) is 41.6. The van der Waals surface area contributed by atoms with Gasteiger partial charge in [0.1, 0.15) is 37.0 Å². The molecule has 0 amide bonds. The average Bonchev–Trinajstić information content (AvgIpc) is 1.58. The largest absolute Gasteiger partial charge is 0.435 e. The molecule has 0 aliphatic carbocycles. The van der Waals surface area contributed by atoms with E-state index in [1.165, 1.54) is 68.0 Å². The molecule has 6 atom stereocenters. The van der Waals surface area contributed by atoms with Gasteiger partial charge < -0.3 is 72.1 Å². The van der Waals surface area contributed by atoms with E-state index in [4.69, 9.17) is 38.2 Å². The first-order chi connectivity index (χ1) is 56.5. The maximum atomic E-state index is 6.69. The van der Waals surface area contributed by atoms with Crippen molar-refractivity contribution in [2.24, 2.45) is 0 Å². The predicted octanol–water partition coefficient (Wildman–Crippen LogP) is 23.5. The van der Waals surface area contributed by atoms with E-state index in [0.717, 1.165) is 131 Å². The molecule has 0 unspecified atom stereocenters. The van der Waals surface area contributed by atoms with Crippen LogP contribution in [0.25, 0.3) is 66.2 Å². The van der Waals surface area contributed by atoms with Crippen LogP contribution in [0.1, 0.15) is 117 Å². The van der Waals surface area contributed by atoms with Crippen LogP contribution in [-0.4, -0.2) is 101 Å². The van der Waals surface area contributed by atoms with Gasteiger partial charge in [0.2, 0.25) is 17.1 Å². The molecule has 21 rings (SSSR count). The summed E-state index contributed by atoms with van der Waals surface area (Å²) in [6.07, 6.45) is 4.46. The van der Waals surface area contributed by atoms with Gasteiger partial charge in [-0.25, -0.2) is 24.9 Å². The summed E-state index contributed by atoms with van der Waals surface area (Å²) in [7, 11) is 4.24. The summed E-state index contributed by atoms with van der Waals surface area (Å²) in [5.74, 6) is 1.88. The van der Waals surface area contributed by atoms with Gasteiger partial charge in [-0.05, 0) is 252 Å². The zero-order valence-electron chi connectivity index (χ0n) is 70.8. The molecule has 6 aliphatic rings. The van der Waals surface area contributed by atoms with Crippen molar-refractivity contribution in [1.82, 2.24) is 24.9 Å². The molecule has 0 radical (unpaired) electrons. The summed E-state index contributed by atoms with van der Waals surface area (Å²) in [6.45, 7) is 41.8. The lowest BCUT2D eigenvalue weighted by Gasteiger charge is -2.36. The van der Waals surface area contributed by atoms with Crippen molar-refractivity contribution >= 4 is 169 Å². The minimum Gasteiger partial charge on any atom is -0.435 e. The van der Waals surface area contributed by atoms with Crippen LogP contribution in [0.15, 0.2) is 202 Å². The molecule has 0 fully saturated rings. The molecule has 15 aromatic rings. The van der Waals surface area contributed by atoms with Crippen LogP contribution >= 0.6 is 0 Å². The highest BCUT2D eigenvalue weighted by Crippen LogP contribution is 2.58. The fourth-order valence-corrected chi connectivity index (χ4v) is 20.2. The van der Waals surface area contributed by atoms with E-state index in [9.17, 15) is 0 Å². The quantitative estimate of drug-likeness (QED) is 0.128. The molecule has 0 bridgehead atoms. The van der Waals surface area contributed by atoms with Gasteiger partial charge in [0.25, 0.3) is 0 Å². The number of hydrogen-bond donors (Lipinski definition) is 0. The number of hydrogen-bond acceptors (Lipinski definition) is 20. The minimum absolute atomic E-state index is 0.0500. The molecule has 0 spiro atoms. The highest BCUT2D eigenvalue weighted by molar-refractivity contribution is 6.16. The van der Waals surface area contributed by atoms with Gasteiger partial charge in [-0.15, -0.1) is 0 Å². The second-order valence-electron chi connectivity index (χ2n) is 32.9. The number of furan rings is 3. The summed E-state index contributed by atoms with van der Waals surface area (Å²) in [4.78, 5) is 53.1. The van der Waals surface area contributed by atoms with Crippen molar-refractivity contribution in [2.75, 3.05) is 86.0 Å². The Balaban J connectivity index is 0.000000117. The Morgan fingerprint density at radius 3 is 1.01 bits per heavy atom. The van der Waals surface area contributed by atoms with Crippen molar-refractivity contribution in [3.8, 4) is 0 Å². The van der Waals surface area contributed by atoms with Crippen LogP contribution in [0.5, 0.6) is 0 Å². The third-order valence-electron chi connectivity index (χ3n) is 25.8. The number of fused-ring (bicyclic) bond motifs is 15. The smallest absolute Gasteiger partial charge is 0.227 e. The van der Waals surface area contributed by atoms with E-state index in [2.05, 4.69) is 334 Å². The standard InChI is InChI=1S/C35H39N5O.C33H35N5O.C29H29N7O/c1-20(2)37-24(7)39(30-15-11-9-13-28(30)37)32-19-27-26-18-17-22(5)36-35(26)41-34(27)33(23(32)6)40-25(8)38(21(3)4)29-14-10-12-16-31(29)40;1-7-35-22(5)37(28-15-11-9-13-26(28)35)30-19-25-24-18-17-20(3)34-33(24)39-32(25)31(21(30)4)38-23(6)36(8-2)27-14-10-12-16-29(27)38;1-16-11-12-20-21-15-24(35-18(3)33(5)22-9-7-13-30-27(22)35)17(2)25(26(21)37-29(20)32-16)36-19(4)34(6)23-10-8-14-31-28(23)36/h9-21,24-25H,1-8H3;9-19,22-23H,7-8H2,1-6H3;7-15,18-19H,1-6H3/t24-,25+;22-,23+;18-,19+/m111/s1. The Morgan fingerprint density at radius 1 is 0.308 bits per heavy atom. The lowest BCUT2D eigenvalue weighted by atomic mass is 10.0. The monoisotopic (exact) mass is 1550 g/mol. The first-order valence-corrected chi connectivity index (χ1v) is 41.6. The van der Waals surface area contributed by atoms with Gasteiger partial charge in [-0.1, -0.05) is 48.5 Å². The fourth-order valence-electron chi connectivity index (χ4n) is 20.2. The molecule has 0 N–H and O–H groups in total. The Labute approximate surface area is 685 Å². The van der Waals surface area contributed by atoms with Gasteiger partial charge in [0.15, 0.2) is 28.4 Å². The zero-order valence-corrected chi connectivity index (χ0v) is 70.8. The number of aromatic nitrogens is 5. The molecule has 0 saturated heterocycles. The van der Waals surface area contributed by atoms with Crippen molar-refractivity contribution < 1.29 is 13.3 Å². The summed E-state index contributed by atoms with van der Waals surface area (Å²) in [5, 5.41) is 6.35. The number of aryl methyl sites for hydroxylation is 3. The molecule has 594 valence electrons. The van der Waals surface area contributed by atoms with E-state index in [1.54, 1.807) is 0 Å². The molecule has 20 heteroatoms. The fraction of sp³-hybridized carbons (Fsp3) is 0.309. The Bertz CT molecular complexity index is 6480. The third-order valence-corrected chi connectivity index (χ3v) is 25.8. The highest BCUT2D eigenvalue weighted by Gasteiger charge is 2.45. The van der Waals surface area contributed by atoms with Crippen molar-refractivity contribution in [3.63, 3.8) is 0 Å². The van der Waals surface area contributed by atoms with Gasteiger partial charge in [0, 0.05) is 129 Å². The molecule has 117 heavy (non-hydrogen) atoms. The molecule has 6 aliphatic heterocycles. The molecule has 0 saturated carbocycles. The number of nitrogens with zero attached hydrogens (tertiary/aromatic N) is 17. The number of rotatable bonds is 10. The number of anilines is 18. The Morgan fingerprint density at radius 2 is 0.607 bits per heavy atom. The maximum absolute atomic E-state index is 6.69. The number of para-hydroxylation sites is 8. The van der Waals surface area contributed by atoms with Gasteiger partial charge in [0.05, 0.1) is 79.6 Å². The molecule has 8 aromatic heterocycles. The normalized spacial score (nSPS) is 18.6. The first kappa shape index (κ1) is 74.4. The molecule has 20 nitrogen and oxygen atoms in total. The molecular weight excluding hydrogens is 1450 g/mol. The van der Waals surface area contributed by atoms with Gasteiger partial charge in [-0.3, -0.25) is 0 Å². The van der Waals surface area contributed by atoms with Crippen LogP contribution in [0.3, 0.4) is 0 Å². The van der Waals surface area contributed by atoms with E-state index < -0.39 is 0 Å². The number of pyridine rings is 5. The summed E-state index contributed by atoms with van der Waals surface area (Å²) in [5.41, 5.74) is 29.9. The van der Waals surface area contributed by atoms with Gasteiger partial charge in [-0.2, -0.15) is 0 Å². The maximum Gasteiger partial charge on any atom is 0.227 e. The highest BCUT2D eigenvalue weighted by atomic mass is 16.3. The Hall–Kier alpha value is -12.7. The van der Waals surface area contributed by atoms with Crippen LogP contribution in [-0.2, 0) is 0 Å². The summed E-state index contributed by atoms with van der Waals surface area (Å²) < 4.78 is 19.9. The minimum atomic E-state index is 0.0500. The second-order valence-corrected chi connectivity index (χ2v) is 32.9. The number of benzene rings is 7. The zero-order chi connectivity index (χ0) is 81.3. The van der Waals surface area contributed by atoms with E-state index in [-0.39, 0.29) is 37.0 Å². The Kier molecular flexibility index (Phi) is 17.8. The van der Waals surface area contributed by atoms with Crippen LogP contribution < -0.4 is 58.8 Å². The molecule has 7 aromatic carbocycles. The summed E-state index contributed by atoms with van der Waals surface area (Å²) in [6, 6.07) is 63.6. The topological polar surface area (TPSA) is 143 Å².